The van der Waals surface area contributed by atoms with E-state index in [4.69, 9.17) is 10.3 Å². The molecular formula is C14H25N3O. The van der Waals surface area contributed by atoms with Crippen molar-refractivity contribution in [2.75, 3.05) is 6.54 Å². The lowest BCUT2D eigenvalue weighted by Gasteiger charge is -2.34. The molecular weight excluding hydrogens is 226 g/mol. The van der Waals surface area contributed by atoms with E-state index >= 15 is 0 Å². The van der Waals surface area contributed by atoms with Gasteiger partial charge >= 0.3 is 0 Å². The van der Waals surface area contributed by atoms with E-state index in [1.165, 1.54) is 32.1 Å². The molecule has 2 rings (SSSR count). The second-order valence-corrected chi connectivity index (χ2v) is 5.80. The van der Waals surface area contributed by atoms with Gasteiger partial charge in [0.25, 0.3) is 0 Å². The fourth-order valence-corrected chi connectivity index (χ4v) is 2.80. The molecule has 2 N–H and O–H groups in total. The van der Waals surface area contributed by atoms with Gasteiger partial charge in [-0.25, -0.2) is 0 Å². The summed E-state index contributed by atoms with van der Waals surface area (Å²) in [7, 11) is 0. The standard InChI is InChI=1S/C14H25N3O/c1-3-11(2)13-16-12(18-17-13)9-14(10-15)7-5-4-6-8-14/h11H,3-10,15H2,1-2H3. The Balaban J connectivity index is 2.05. The van der Waals surface area contributed by atoms with Gasteiger partial charge in [0, 0.05) is 12.3 Å². The van der Waals surface area contributed by atoms with Gasteiger partial charge in [-0.2, -0.15) is 4.98 Å². The van der Waals surface area contributed by atoms with E-state index in [-0.39, 0.29) is 5.41 Å². The molecule has 1 saturated carbocycles. The highest BCUT2D eigenvalue weighted by molar-refractivity contribution is 4.97. The van der Waals surface area contributed by atoms with Crippen molar-refractivity contribution in [3.05, 3.63) is 11.7 Å². The van der Waals surface area contributed by atoms with Gasteiger partial charge in [-0.3, -0.25) is 0 Å². The molecule has 1 aliphatic carbocycles. The Morgan fingerprint density at radius 1 is 1.33 bits per heavy atom. The van der Waals surface area contributed by atoms with Crippen molar-refractivity contribution in [1.82, 2.24) is 10.1 Å². The van der Waals surface area contributed by atoms with Gasteiger partial charge < -0.3 is 10.3 Å². The van der Waals surface area contributed by atoms with Crippen molar-refractivity contribution in [3.8, 4) is 0 Å². The molecule has 18 heavy (non-hydrogen) atoms. The normalized spacial score (nSPS) is 20.8. The fraction of sp³-hybridized carbons (Fsp3) is 0.857. The van der Waals surface area contributed by atoms with Gasteiger partial charge in [0.1, 0.15) is 0 Å². The van der Waals surface area contributed by atoms with Crippen molar-refractivity contribution in [1.29, 1.82) is 0 Å². The SMILES string of the molecule is CCC(C)c1noc(CC2(CN)CCCCC2)n1. The van der Waals surface area contributed by atoms with Crippen LogP contribution in [0, 0.1) is 5.41 Å². The molecule has 0 aromatic carbocycles. The molecule has 0 spiro atoms. The largest absolute Gasteiger partial charge is 0.339 e. The number of nitrogens with zero attached hydrogens (tertiary/aromatic N) is 2. The molecule has 1 aromatic heterocycles. The quantitative estimate of drug-likeness (QED) is 0.873. The number of aromatic nitrogens is 2. The molecule has 4 nitrogen and oxygen atoms in total. The number of nitrogens with two attached hydrogens (primary N) is 1. The minimum absolute atomic E-state index is 0.206. The highest BCUT2D eigenvalue weighted by Gasteiger charge is 2.33. The minimum atomic E-state index is 0.206. The number of hydrogen-bond acceptors (Lipinski definition) is 4. The van der Waals surface area contributed by atoms with E-state index in [0.717, 1.165) is 31.1 Å². The first-order valence-corrected chi connectivity index (χ1v) is 7.21. The van der Waals surface area contributed by atoms with Crippen molar-refractivity contribution in [2.45, 2.75) is 64.7 Å². The van der Waals surface area contributed by atoms with Crippen LogP contribution in [-0.4, -0.2) is 16.7 Å². The van der Waals surface area contributed by atoms with Crippen LogP contribution in [-0.2, 0) is 6.42 Å². The lowest BCUT2D eigenvalue weighted by molar-refractivity contribution is 0.177. The van der Waals surface area contributed by atoms with Crippen LogP contribution in [0.3, 0.4) is 0 Å². The summed E-state index contributed by atoms with van der Waals surface area (Å²) in [6.07, 6.45) is 8.19. The van der Waals surface area contributed by atoms with Crippen molar-refractivity contribution < 1.29 is 4.52 Å². The van der Waals surface area contributed by atoms with Crippen LogP contribution in [0.2, 0.25) is 0 Å². The Hall–Kier alpha value is -0.900. The summed E-state index contributed by atoms with van der Waals surface area (Å²) < 4.78 is 5.40. The summed E-state index contributed by atoms with van der Waals surface area (Å²) in [5.74, 6) is 2.00. The van der Waals surface area contributed by atoms with E-state index in [0.29, 0.717) is 5.92 Å². The van der Waals surface area contributed by atoms with Gasteiger partial charge in [-0.1, -0.05) is 38.3 Å². The molecule has 0 bridgehead atoms. The van der Waals surface area contributed by atoms with E-state index < -0.39 is 0 Å². The lowest BCUT2D eigenvalue weighted by atomic mass is 9.72. The average molecular weight is 251 g/mol. The maximum absolute atomic E-state index is 5.99. The van der Waals surface area contributed by atoms with E-state index in [2.05, 4.69) is 24.0 Å². The van der Waals surface area contributed by atoms with E-state index in [1.54, 1.807) is 0 Å². The van der Waals surface area contributed by atoms with Crippen LogP contribution < -0.4 is 5.73 Å². The smallest absolute Gasteiger partial charge is 0.227 e. The van der Waals surface area contributed by atoms with Gasteiger partial charge in [-0.15, -0.1) is 0 Å². The lowest BCUT2D eigenvalue weighted by Crippen LogP contribution is -2.35. The fourth-order valence-electron chi connectivity index (χ4n) is 2.80. The average Bonchev–Trinajstić information content (AvgIpc) is 2.87. The van der Waals surface area contributed by atoms with Crippen LogP contribution in [0.5, 0.6) is 0 Å². The molecule has 0 amide bonds. The number of hydrogen-bond donors (Lipinski definition) is 1. The maximum Gasteiger partial charge on any atom is 0.227 e. The van der Waals surface area contributed by atoms with Crippen LogP contribution in [0.15, 0.2) is 4.52 Å². The summed E-state index contributed by atoms with van der Waals surface area (Å²) in [6.45, 7) is 5.01. The second kappa shape index (κ2) is 5.83. The first-order valence-electron chi connectivity index (χ1n) is 7.21. The van der Waals surface area contributed by atoms with E-state index in [9.17, 15) is 0 Å². The number of rotatable bonds is 5. The molecule has 0 saturated heterocycles. The molecule has 0 aliphatic heterocycles. The predicted molar refractivity (Wildman–Crippen MR) is 71.3 cm³/mol. The second-order valence-electron chi connectivity index (χ2n) is 5.80. The zero-order chi connectivity index (χ0) is 13.0. The summed E-state index contributed by atoms with van der Waals surface area (Å²) in [5.41, 5.74) is 6.19. The van der Waals surface area contributed by atoms with Gasteiger partial charge in [0.2, 0.25) is 5.89 Å². The van der Waals surface area contributed by atoms with Crippen molar-refractivity contribution >= 4 is 0 Å². The third kappa shape index (κ3) is 2.91. The Bertz CT molecular complexity index is 369. The molecule has 1 fully saturated rings. The minimum Gasteiger partial charge on any atom is -0.339 e. The molecule has 1 heterocycles. The van der Waals surface area contributed by atoms with E-state index in [1.807, 2.05) is 0 Å². The molecule has 102 valence electrons. The summed E-state index contributed by atoms with van der Waals surface area (Å²) >= 11 is 0. The monoisotopic (exact) mass is 251 g/mol. The molecule has 1 atom stereocenters. The third-order valence-electron chi connectivity index (χ3n) is 4.41. The molecule has 1 aromatic rings. The highest BCUT2D eigenvalue weighted by atomic mass is 16.5. The van der Waals surface area contributed by atoms with Crippen LogP contribution in [0.25, 0.3) is 0 Å². The Labute approximate surface area is 109 Å². The summed E-state index contributed by atoms with van der Waals surface area (Å²) in [5, 5.41) is 4.09. The van der Waals surface area contributed by atoms with Gasteiger partial charge in [0.05, 0.1) is 0 Å². The van der Waals surface area contributed by atoms with Gasteiger partial charge in [-0.05, 0) is 31.2 Å². The first-order chi connectivity index (χ1) is 8.69. The molecule has 0 radical (unpaired) electrons. The zero-order valence-corrected chi connectivity index (χ0v) is 11.6. The van der Waals surface area contributed by atoms with Crippen molar-refractivity contribution in [2.24, 2.45) is 11.1 Å². The Kier molecular flexibility index (Phi) is 4.38. The topological polar surface area (TPSA) is 64.9 Å². The Morgan fingerprint density at radius 3 is 2.67 bits per heavy atom. The van der Waals surface area contributed by atoms with Crippen molar-refractivity contribution in [3.63, 3.8) is 0 Å². The third-order valence-corrected chi connectivity index (χ3v) is 4.41. The molecule has 4 heteroatoms. The zero-order valence-electron chi connectivity index (χ0n) is 11.6. The van der Waals surface area contributed by atoms with Gasteiger partial charge in [0.15, 0.2) is 5.82 Å². The summed E-state index contributed by atoms with van der Waals surface area (Å²) in [4.78, 5) is 4.53. The predicted octanol–water partition coefficient (Wildman–Crippen LogP) is 3.03. The molecule has 1 unspecified atom stereocenters. The maximum atomic E-state index is 5.99. The first kappa shape index (κ1) is 13.5. The van der Waals surface area contributed by atoms with Crippen LogP contribution in [0.1, 0.15) is 70.0 Å². The van der Waals surface area contributed by atoms with Crippen LogP contribution >= 0.6 is 0 Å². The Morgan fingerprint density at radius 2 is 2.06 bits per heavy atom. The summed E-state index contributed by atoms with van der Waals surface area (Å²) in [6, 6.07) is 0. The highest BCUT2D eigenvalue weighted by Crippen LogP contribution is 2.38. The van der Waals surface area contributed by atoms with Crippen LogP contribution in [0.4, 0.5) is 0 Å². The molecule has 1 aliphatic rings.